The lowest BCUT2D eigenvalue weighted by atomic mass is 9.99. The van der Waals surface area contributed by atoms with Crippen molar-refractivity contribution in [1.29, 1.82) is 0 Å². The largest absolute Gasteiger partial charge is 0.372 e. The van der Waals surface area contributed by atoms with Crippen molar-refractivity contribution in [3.05, 3.63) is 24.3 Å². The van der Waals surface area contributed by atoms with E-state index in [2.05, 4.69) is 27.8 Å². The van der Waals surface area contributed by atoms with E-state index in [1.165, 1.54) is 18.5 Å². The summed E-state index contributed by atoms with van der Waals surface area (Å²) >= 11 is 0. The van der Waals surface area contributed by atoms with E-state index in [0.717, 1.165) is 37.5 Å². The third-order valence-corrected chi connectivity index (χ3v) is 4.62. The van der Waals surface area contributed by atoms with Crippen molar-refractivity contribution >= 4 is 23.3 Å². The molecule has 1 saturated carbocycles. The molecule has 0 unspecified atom stereocenters. The molecule has 1 aromatic carbocycles. The second-order valence-electron chi connectivity index (χ2n) is 6.87. The minimum Gasteiger partial charge on any atom is -0.372 e. The maximum atomic E-state index is 11.9. The maximum absolute atomic E-state index is 11.9. The molecule has 1 aliphatic heterocycles. The van der Waals surface area contributed by atoms with Crippen molar-refractivity contribution < 1.29 is 9.59 Å². The number of nitrogens with one attached hydrogen (secondary N) is 3. The van der Waals surface area contributed by atoms with E-state index in [0.29, 0.717) is 6.04 Å². The third kappa shape index (κ3) is 4.88. The van der Waals surface area contributed by atoms with Gasteiger partial charge in [0.25, 0.3) is 0 Å². The lowest BCUT2D eigenvalue weighted by molar-refractivity contribution is -0.115. The summed E-state index contributed by atoms with van der Waals surface area (Å²) in [5, 5.41) is 8.16. The Bertz CT molecular complexity index is 575. The number of nitrogens with zero attached hydrogens (tertiary/aromatic N) is 1. The average molecular weight is 330 g/mol. The van der Waals surface area contributed by atoms with Gasteiger partial charge >= 0.3 is 6.03 Å². The molecule has 1 saturated heterocycles. The van der Waals surface area contributed by atoms with Gasteiger partial charge in [0.2, 0.25) is 5.91 Å². The van der Waals surface area contributed by atoms with Gasteiger partial charge in [-0.3, -0.25) is 4.79 Å². The Hall–Kier alpha value is -2.24. The first-order valence-electron chi connectivity index (χ1n) is 8.79. The Morgan fingerprint density at radius 3 is 2.38 bits per heavy atom. The number of carbonyl (C=O) groups excluding carboxylic acids is 2. The predicted octanol–water partition coefficient (Wildman–Crippen LogP) is 2.32. The standard InChI is InChI=1S/C18H26N4O2/c1-13-8-10-22(11-9-13)16-6-4-14(5-7-16)20-17(23)12-19-18(24)21-15-2-3-15/h4-7,13,15H,2-3,8-12H2,1H3,(H,20,23)(H2,19,21,24). The molecule has 3 N–H and O–H groups in total. The number of urea groups is 1. The molecular formula is C18H26N4O2. The fourth-order valence-electron chi connectivity index (χ4n) is 2.85. The molecule has 3 rings (SSSR count). The van der Waals surface area contributed by atoms with Crippen LogP contribution in [0.3, 0.4) is 0 Å². The molecule has 0 aromatic heterocycles. The van der Waals surface area contributed by atoms with Crippen molar-refractivity contribution in [2.24, 2.45) is 5.92 Å². The molecule has 1 heterocycles. The van der Waals surface area contributed by atoms with E-state index < -0.39 is 0 Å². The summed E-state index contributed by atoms with van der Waals surface area (Å²) in [5.74, 6) is 0.588. The molecule has 3 amide bonds. The van der Waals surface area contributed by atoms with Gasteiger partial charge in [0.1, 0.15) is 0 Å². The van der Waals surface area contributed by atoms with Crippen molar-refractivity contribution in [2.75, 3.05) is 29.9 Å². The van der Waals surface area contributed by atoms with Gasteiger partial charge < -0.3 is 20.9 Å². The number of amides is 3. The van der Waals surface area contributed by atoms with Crippen LogP contribution in [0.15, 0.2) is 24.3 Å². The van der Waals surface area contributed by atoms with Crippen molar-refractivity contribution in [2.45, 2.75) is 38.6 Å². The predicted molar refractivity (Wildman–Crippen MR) is 95.2 cm³/mol. The fraction of sp³-hybridized carbons (Fsp3) is 0.556. The van der Waals surface area contributed by atoms with Crippen LogP contribution in [0.4, 0.5) is 16.2 Å². The van der Waals surface area contributed by atoms with Crippen LogP contribution < -0.4 is 20.9 Å². The topological polar surface area (TPSA) is 73.5 Å². The van der Waals surface area contributed by atoms with E-state index >= 15 is 0 Å². The highest BCUT2D eigenvalue weighted by Crippen LogP contribution is 2.24. The highest BCUT2D eigenvalue weighted by Gasteiger charge is 2.23. The molecule has 6 heteroatoms. The van der Waals surface area contributed by atoms with Gasteiger partial charge in [-0.25, -0.2) is 4.79 Å². The molecule has 2 aliphatic rings. The molecule has 24 heavy (non-hydrogen) atoms. The van der Waals surface area contributed by atoms with Gasteiger partial charge in [-0.15, -0.1) is 0 Å². The zero-order valence-corrected chi connectivity index (χ0v) is 14.2. The molecule has 1 aliphatic carbocycles. The van der Waals surface area contributed by atoms with Crippen molar-refractivity contribution in [3.63, 3.8) is 0 Å². The SMILES string of the molecule is CC1CCN(c2ccc(NC(=O)CNC(=O)NC3CC3)cc2)CC1. The van der Waals surface area contributed by atoms with Gasteiger partial charge in [0.15, 0.2) is 0 Å². The Kier molecular flexibility index (Phi) is 5.23. The molecule has 1 aromatic rings. The molecule has 6 nitrogen and oxygen atoms in total. The van der Waals surface area contributed by atoms with Gasteiger partial charge in [-0.05, 0) is 55.9 Å². The highest BCUT2D eigenvalue weighted by molar-refractivity contribution is 5.94. The number of carbonyl (C=O) groups is 2. The summed E-state index contributed by atoms with van der Waals surface area (Å²) in [6.07, 6.45) is 4.52. The van der Waals surface area contributed by atoms with Crippen molar-refractivity contribution in [1.82, 2.24) is 10.6 Å². The number of benzene rings is 1. The van der Waals surface area contributed by atoms with E-state index in [-0.39, 0.29) is 18.5 Å². The van der Waals surface area contributed by atoms with Crippen LogP contribution in [-0.4, -0.2) is 37.6 Å². The molecular weight excluding hydrogens is 304 g/mol. The quantitative estimate of drug-likeness (QED) is 0.776. The third-order valence-electron chi connectivity index (χ3n) is 4.62. The second kappa shape index (κ2) is 7.55. The molecule has 130 valence electrons. The Morgan fingerprint density at radius 2 is 1.75 bits per heavy atom. The van der Waals surface area contributed by atoms with E-state index in [1.807, 2.05) is 24.3 Å². The van der Waals surface area contributed by atoms with Crippen LogP contribution in [0.25, 0.3) is 0 Å². The first-order valence-corrected chi connectivity index (χ1v) is 8.79. The van der Waals surface area contributed by atoms with Crippen LogP contribution in [0.5, 0.6) is 0 Å². The molecule has 2 fully saturated rings. The van der Waals surface area contributed by atoms with Gasteiger partial charge in [-0.1, -0.05) is 6.92 Å². The fourth-order valence-corrected chi connectivity index (χ4v) is 2.85. The van der Waals surface area contributed by atoms with Crippen LogP contribution in [0.1, 0.15) is 32.6 Å². The van der Waals surface area contributed by atoms with E-state index in [9.17, 15) is 9.59 Å². The smallest absolute Gasteiger partial charge is 0.315 e. The first kappa shape index (κ1) is 16.6. The van der Waals surface area contributed by atoms with Gasteiger partial charge in [0, 0.05) is 30.5 Å². The monoisotopic (exact) mass is 330 g/mol. The first-order chi connectivity index (χ1) is 11.6. The number of anilines is 2. The minimum absolute atomic E-state index is 0.0235. The highest BCUT2D eigenvalue weighted by atomic mass is 16.2. The summed E-state index contributed by atoms with van der Waals surface area (Å²) in [6, 6.07) is 7.92. The van der Waals surface area contributed by atoms with Crippen LogP contribution in [0, 0.1) is 5.92 Å². The maximum Gasteiger partial charge on any atom is 0.315 e. The zero-order chi connectivity index (χ0) is 16.9. The van der Waals surface area contributed by atoms with Gasteiger partial charge in [0.05, 0.1) is 6.54 Å². The molecule has 0 spiro atoms. The summed E-state index contributed by atoms with van der Waals surface area (Å²) < 4.78 is 0. The number of piperidine rings is 1. The minimum atomic E-state index is -0.276. The number of rotatable bonds is 5. The summed E-state index contributed by atoms with van der Waals surface area (Å²) in [6.45, 7) is 4.46. The van der Waals surface area contributed by atoms with Crippen LogP contribution in [-0.2, 0) is 4.79 Å². The molecule has 0 radical (unpaired) electrons. The second-order valence-corrected chi connectivity index (χ2v) is 6.87. The van der Waals surface area contributed by atoms with Crippen molar-refractivity contribution in [3.8, 4) is 0 Å². The van der Waals surface area contributed by atoms with E-state index in [4.69, 9.17) is 0 Å². The summed E-state index contributed by atoms with van der Waals surface area (Å²) in [5.41, 5.74) is 1.94. The molecule has 0 bridgehead atoms. The van der Waals surface area contributed by atoms with Crippen LogP contribution >= 0.6 is 0 Å². The van der Waals surface area contributed by atoms with Gasteiger partial charge in [-0.2, -0.15) is 0 Å². The zero-order valence-electron chi connectivity index (χ0n) is 14.2. The lowest BCUT2D eigenvalue weighted by Gasteiger charge is -2.32. The Balaban J connectivity index is 1.43. The molecule has 0 atom stereocenters. The normalized spacial score (nSPS) is 18.1. The Labute approximate surface area is 143 Å². The Morgan fingerprint density at radius 1 is 1.08 bits per heavy atom. The van der Waals surface area contributed by atoms with Crippen LogP contribution in [0.2, 0.25) is 0 Å². The number of hydrogen-bond donors (Lipinski definition) is 3. The lowest BCUT2D eigenvalue weighted by Crippen LogP contribution is -2.40. The number of hydrogen-bond acceptors (Lipinski definition) is 3. The summed E-state index contributed by atoms with van der Waals surface area (Å²) in [4.78, 5) is 25.7. The average Bonchev–Trinajstić information content (AvgIpc) is 3.38. The summed E-state index contributed by atoms with van der Waals surface area (Å²) in [7, 11) is 0. The van der Waals surface area contributed by atoms with E-state index in [1.54, 1.807) is 0 Å².